The zero-order valence-electron chi connectivity index (χ0n) is 20.2. The Kier molecular flexibility index (Phi) is 7.34. The smallest absolute Gasteiger partial charge is 0.391 e. The highest BCUT2D eigenvalue weighted by Gasteiger charge is 2.62. The number of benzene rings is 1. The SMILES string of the molecule is CCC(NC(=O)c1cn(-c2c(F)cc(F)cc2F)c2nc(N3CC(O)CC3=O)ccc2c1=O)C(F)(F)C(F)(F)F. The number of hydrogen-bond acceptors (Lipinski definition) is 5. The third kappa shape index (κ3) is 4.98. The molecule has 8 nitrogen and oxygen atoms in total. The standard InChI is InChI=1S/C24H18F8N4O4/c1-2-16(23(28,29)24(30,31)32)33-22(40)13-9-36(19-14(26)5-10(25)6-15(19)27)21-12(20(13)39)3-4-17(34-21)35-8-11(37)7-18(35)38/h3-6,9,11,16,37H,2,7-8H2,1H3,(H,33,40). The lowest BCUT2D eigenvalue weighted by Crippen LogP contribution is -2.55. The van der Waals surface area contributed by atoms with Gasteiger partial charge in [0.1, 0.15) is 28.9 Å². The second kappa shape index (κ2) is 10.1. The molecule has 16 heteroatoms. The van der Waals surface area contributed by atoms with Gasteiger partial charge in [0.15, 0.2) is 17.3 Å². The maximum absolute atomic E-state index is 14.8. The number of rotatable bonds is 6. The summed E-state index contributed by atoms with van der Waals surface area (Å²) in [6.07, 6.45) is -7.84. The van der Waals surface area contributed by atoms with Gasteiger partial charge in [0, 0.05) is 18.3 Å². The summed E-state index contributed by atoms with van der Waals surface area (Å²) < 4.78 is 110. The van der Waals surface area contributed by atoms with E-state index in [1.807, 2.05) is 0 Å². The van der Waals surface area contributed by atoms with E-state index in [4.69, 9.17) is 0 Å². The van der Waals surface area contributed by atoms with Crippen LogP contribution in [-0.2, 0) is 4.79 Å². The predicted molar refractivity (Wildman–Crippen MR) is 123 cm³/mol. The molecule has 0 spiro atoms. The molecule has 3 heterocycles. The molecule has 0 saturated carbocycles. The highest BCUT2D eigenvalue weighted by molar-refractivity contribution is 5.99. The third-order valence-corrected chi connectivity index (χ3v) is 6.21. The summed E-state index contributed by atoms with van der Waals surface area (Å²) in [5.41, 5.74) is -4.01. The van der Waals surface area contributed by atoms with E-state index >= 15 is 0 Å². The molecule has 0 bridgehead atoms. The van der Waals surface area contributed by atoms with Crippen LogP contribution in [0.3, 0.4) is 0 Å². The first-order valence-electron chi connectivity index (χ1n) is 11.5. The number of fused-ring (bicyclic) bond motifs is 1. The van der Waals surface area contributed by atoms with Crippen LogP contribution in [0.15, 0.2) is 35.3 Å². The van der Waals surface area contributed by atoms with E-state index in [1.165, 1.54) is 5.32 Å². The molecule has 1 saturated heterocycles. The first kappa shape index (κ1) is 28.9. The zero-order valence-corrected chi connectivity index (χ0v) is 20.2. The van der Waals surface area contributed by atoms with Crippen molar-refractivity contribution in [2.24, 2.45) is 0 Å². The number of amides is 2. The molecule has 40 heavy (non-hydrogen) atoms. The number of carbonyl (C=O) groups is 2. The monoisotopic (exact) mass is 578 g/mol. The summed E-state index contributed by atoms with van der Waals surface area (Å²) in [5, 5.41) is 10.7. The first-order chi connectivity index (χ1) is 18.6. The molecular formula is C24H18F8N4O4. The van der Waals surface area contributed by atoms with Crippen molar-refractivity contribution in [1.29, 1.82) is 0 Å². The molecule has 1 aliphatic heterocycles. The fourth-order valence-corrected chi connectivity index (χ4v) is 4.23. The van der Waals surface area contributed by atoms with Crippen LogP contribution in [0.4, 0.5) is 40.9 Å². The van der Waals surface area contributed by atoms with Gasteiger partial charge in [-0.1, -0.05) is 6.92 Å². The molecule has 1 aliphatic rings. The van der Waals surface area contributed by atoms with Crippen molar-refractivity contribution in [2.75, 3.05) is 11.4 Å². The summed E-state index contributed by atoms with van der Waals surface area (Å²) in [6, 6.07) is -0.231. The molecule has 2 amide bonds. The number of nitrogens with one attached hydrogen (secondary N) is 1. The maximum atomic E-state index is 14.8. The molecule has 2 aromatic heterocycles. The van der Waals surface area contributed by atoms with Crippen LogP contribution in [0.5, 0.6) is 0 Å². The number of anilines is 1. The van der Waals surface area contributed by atoms with Gasteiger partial charge in [-0.3, -0.25) is 23.9 Å². The summed E-state index contributed by atoms with van der Waals surface area (Å²) in [6.45, 7) is 0.710. The molecular weight excluding hydrogens is 560 g/mol. The van der Waals surface area contributed by atoms with E-state index in [9.17, 15) is 54.6 Å². The number of nitrogens with zero attached hydrogens (tertiary/aromatic N) is 3. The Balaban J connectivity index is 1.93. The maximum Gasteiger partial charge on any atom is 0.455 e. The minimum atomic E-state index is -6.05. The lowest BCUT2D eigenvalue weighted by Gasteiger charge is -2.28. The average molecular weight is 578 g/mol. The number of aromatic nitrogens is 2. The second-order valence-electron chi connectivity index (χ2n) is 8.92. The van der Waals surface area contributed by atoms with E-state index in [1.54, 1.807) is 0 Å². The second-order valence-corrected chi connectivity index (χ2v) is 8.92. The minimum Gasteiger partial charge on any atom is -0.391 e. The summed E-state index contributed by atoms with van der Waals surface area (Å²) in [5.74, 6) is -12.3. The van der Waals surface area contributed by atoms with Crippen molar-refractivity contribution in [1.82, 2.24) is 14.9 Å². The molecule has 2 unspecified atom stereocenters. The van der Waals surface area contributed by atoms with Gasteiger partial charge < -0.3 is 10.4 Å². The van der Waals surface area contributed by atoms with Crippen LogP contribution >= 0.6 is 0 Å². The number of halogens is 8. The molecule has 1 fully saturated rings. The van der Waals surface area contributed by atoms with E-state index in [2.05, 4.69) is 4.98 Å². The predicted octanol–water partition coefficient (Wildman–Crippen LogP) is 3.61. The number of alkyl halides is 5. The Labute approximate surface area is 218 Å². The molecule has 3 aromatic rings. The Hall–Kier alpha value is -4.08. The molecule has 1 aromatic carbocycles. The minimum absolute atomic E-state index is 0.182. The van der Waals surface area contributed by atoms with Gasteiger partial charge in [-0.15, -0.1) is 0 Å². The summed E-state index contributed by atoms with van der Waals surface area (Å²) in [4.78, 5) is 43.3. The summed E-state index contributed by atoms with van der Waals surface area (Å²) in [7, 11) is 0. The quantitative estimate of drug-likeness (QED) is 0.435. The lowest BCUT2D eigenvalue weighted by molar-refractivity contribution is -0.292. The first-order valence-corrected chi connectivity index (χ1v) is 11.5. The fraction of sp³-hybridized carbons (Fsp3) is 0.333. The zero-order chi connectivity index (χ0) is 29.7. The van der Waals surface area contributed by atoms with Gasteiger partial charge in [-0.25, -0.2) is 18.2 Å². The lowest BCUT2D eigenvalue weighted by atomic mass is 10.1. The molecule has 0 radical (unpaired) electrons. The summed E-state index contributed by atoms with van der Waals surface area (Å²) >= 11 is 0. The number of aliphatic hydroxyl groups is 1. The van der Waals surface area contributed by atoms with Gasteiger partial charge in [-0.05, 0) is 18.6 Å². The largest absolute Gasteiger partial charge is 0.455 e. The third-order valence-electron chi connectivity index (χ3n) is 6.21. The van der Waals surface area contributed by atoms with E-state index in [-0.39, 0.29) is 30.9 Å². The van der Waals surface area contributed by atoms with Crippen molar-refractivity contribution in [3.63, 3.8) is 0 Å². The van der Waals surface area contributed by atoms with E-state index in [0.717, 1.165) is 24.0 Å². The number of hydrogen-bond donors (Lipinski definition) is 2. The van der Waals surface area contributed by atoms with Crippen molar-refractivity contribution in [2.45, 2.75) is 44.0 Å². The van der Waals surface area contributed by atoms with E-state index in [0.29, 0.717) is 10.8 Å². The van der Waals surface area contributed by atoms with E-state index < -0.39 is 87.6 Å². The number of aliphatic hydroxyl groups excluding tert-OH is 1. The van der Waals surface area contributed by atoms with Crippen LogP contribution in [0.1, 0.15) is 30.1 Å². The highest BCUT2D eigenvalue weighted by Crippen LogP contribution is 2.39. The number of carbonyl (C=O) groups excluding carboxylic acids is 2. The van der Waals surface area contributed by atoms with Gasteiger partial charge >= 0.3 is 12.1 Å². The average Bonchev–Trinajstić information content (AvgIpc) is 3.19. The van der Waals surface area contributed by atoms with Crippen molar-refractivity contribution < 1.29 is 49.8 Å². The Morgan fingerprint density at radius 1 is 1.12 bits per heavy atom. The van der Waals surface area contributed by atoms with Crippen molar-refractivity contribution in [3.8, 4) is 5.69 Å². The molecule has 2 atom stereocenters. The Bertz CT molecular complexity index is 1550. The molecule has 4 rings (SSSR count). The van der Waals surface area contributed by atoms with Crippen LogP contribution in [0, 0.1) is 17.5 Å². The van der Waals surface area contributed by atoms with Gasteiger partial charge in [0.25, 0.3) is 5.91 Å². The van der Waals surface area contributed by atoms with Gasteiger partial charge in [0.2, 0.25) is 11.3 Å². The van der Waals surface area contributed by atoms with Crippen molar-refractivity contribution >= 4 is 28.7 Å². The number of β-amino-alcohol motifs (C(OH)–C–C–N with tert-alkyl or cyclic N) is 1. The fourth-order valence-electron chi connectivity index (χ4n) is 4.23. The highest BCUT2D eigenvalue weighted by atomic mass is 19.4. The van der Waals surface area contributed by atoms with Gasteiger partial charge in [-0.2, -0.15) is 22.0 Å². The Morgan fingerprint density at radius 2 is 1.75 bits per heavy atom. The Morgan fingerprint density at radius 3 is 2.27 bits per heavy atom. The van der Waals surface area contributed by atoms with Crippen LogP contribution < -0.4 is 15.6 Å². The number of pyridine rings is 2. The topological polar surface area (TPSA) is 105 Å². The van der Waals surface area contributed by atoms with Crippen LogP contribution in [0.2, 0.25) is 0 Å². The van der Waals surface area contributed by atoms with Crippen LogP contribution in [-0.4, -0.2) is 57.3 Å². The normalized spacial score (nSPS) is 17.0. The molecule has 2 N–H and O–H groups in total. The molecule has 0 aliphatic carbocycles. The molecule has 214 valence electrons. The van der Waals surface area contributed by atoms with Crippen molar-refractivity contribution in [3.05, 3.63) is 63.7 Å². The van der Waals surface area contributed by atoms with Crippen LogP contribution in [0.25, 0.3) is 16.7 Å². The van der Waals surface area contributed by atoms with Gasteiger partial charge in [0.05, 0.1) is 24.5 Å².